The Bertz CT molecular complexity index is 557. The van der Waals surface area contributed by atoms with Crippen LogP contribution in [0.5, 0.6) is 0 Å². The number of amides is 1. The monoisotopic (exact) mass is 325 g/mol. The van der Waals surface area contributed by atoms with Crippen molar-refractivity contribution in [1.29, 1.82) is 0 Å². The van der Waals surface area contributed by atoms with Gasteiger partial charge in [-0.05, 0) is 37.9 Å². The van der Waals surface area contributed by atoms with E-state index >= 15 is 0 Å². The molecule has 1 aliphatic rings. The van der Waals surface area contributed by atoms with Crippen LogP contribution in [0, 0.1) is 10.1 Å². The fourth-order valence-corrected chi connectivity index (χ4v) is 2.90. The van der Waals surface area contributed by atoms with E-state index in [0.29, 0.717) is 5.02 Å². The molecule has 1 aromatic carbocycles. The smallest absolute Gasteiger partial charge is 0.282 e. The molecule has 0 aromatic heterocycles. The van der Waals surface area contributed by atoms with E-state index in [0.717, 1.165) is 38.9 Å². The highest BCUT2D eigenvalue weighted by molar-refractivity contribution is 6.31. The maximum Gasteiger partial charge on any atom is 0.282 e. The second-order valence-electron chi connectivity index (χ2n) is 5.51. The van der Waals surface area contributed by atoms with Gasteiger partial charge in [0, 0.05) is 30.2 Å². The molecule has 1 fully saturated rings. The maximum atomic E-state index is 12.3. The fourth-order valence-electron chi connectivity index (χ4n) is 2.73. The van der Waals surface area contributed by atoms with Gasteiger partial charge in [-0.3, -0.25) is 14.9 Å². The summed E-state index contributed by atoms with van der Waals surface area (Å²) in [5, 5.41) is 14.2. The van der Waals surface area contributed by atoms with Crippen LogP contribution >= 0.6 is 11.6 Å². The highest BCUT2D eigenvalue weighted by atomic mass is 35.5. The lowest BCUT2D eigenvalue weighted by atomic mass is 10.0. The van der Waals surface area contributed by atoms with Crippen molar-refractivity contribution < 1.29 is 9.72 Å². The zero-order chi connectivity index (χ0) is 16.1. The van der Waals surface area contributed by atoms with Gasteiger partial charge in [-0.1, -0.05) is 18.5 Å². The normalized spacial score (nSPS) is 16.5. The number of nitrogens with zero attached hydrogens (tertiary/aromatic N) is 2. The third-order valence-electron chi connectivity index (χ3n) is 3.86. The van der Waals surface area contributed by atoms with Gasteiger partial charge in [0.1, 0.15) is 5.56 Å². The number of hydrogen-bond donors (Lipinski definition) is 1. The molecule has 1 amide bonds. The van der Waals surface area contributed by atoms with Crippen LogP contribution in [0.3, 0.4) is 0 Å². The summed E-state index contributed by atoms with van der Waals surface area (Å²) in [6, 6.07) is 4.08. The predicted molar refractivity (Wildman–Crippen MR) is 85.3 cm³/mol. The lowest BCUT2D eigenvalue weighted by molar-refractivity contribution is -0.385. The summed E-state index contributed by atoms with van der Waals surface area (Å²) in [6.45, 7) is 5.10. The number of rotatable bonds is 5. The molecule has 1 aromatic rings. The third kappa shape index (κ3) is 4.18. The summed E-state index contributed by atoms with van der Waals surface area (Å²) in [5.74, 6) is -0.428. The van der Waals surface area contributed by atoms with Crippen molar-refractivity contribution in [2.24, 2.45) is 0 Å². The minimum absolute atomic E-state index is 0.0217. The number of likely N-dealkylation sites (tertiary alicyclic amines) is 1. The van der Waals surface area contributed by atoms with E-state index in [9.17, 15) is 14.9 Å². The summed E-state index contributed by atoms with van der Waals surface area (Å²) in [6.07, 6.45) is 2.84. The van der Waals surface area contributed by atoms with E-state index in [-0.39, 0.29) is 17.3 Å². The first-order chi connectivity index (χ1) is 10.5. The molecule has 0 bridgehead atoms. The van der Waals surface area contributed by atoms with E-state index in [1.807, 2.05) is 0 Å². The van der Waals surface area contributed by atoms with Crippen LogP contribution in [0.1, 0.15) is 36.5 Å². The lowest BCUT2D eigenvalue weighted by Gasteiger charge is -2.32. The molecule has 0 spiro atoms. The van der Waals surface area contributed by atoms with E-state index in [2.05, 4.69) is 17.1 Å². The topological polar surface area (TPSA) is 75.5 Å². The highest BCUT2D eigenvalue weighted by Crippen LogP contribution is 2.23. The van der Waals surface area contributed by atoms with Crippen molar-refractivity contribution in [2.45, 2.75) is 32.2 Å². The van der Waals surface area contributed by atoms with E-state index < -0.39 is 10.8 Å². The molecule has 0 radical (unpaired) electrons. The Balaban J connectivity index is 2.01. The van der Waals surface area contributed by atoms with Crippen LogP contribution in [0.2, 0.25) is 5.02 Å². The van der Waals surface area contributed by atoms with Crippen molar-refractivity contribution in [1.82, 2.24) is 10.2 Å². The number of halogens is 1. The molecule has 22 heavy (non-hydrogen) atoms. The number of piperidine rings is 1. The number of carbonyl (C=O) groups excluding carboxylic acids is 1. The number of nitro groups is 1. The number of hydrogen-bond acceptors (Lipinski definition) is 4. The molecule has 1 saturated heterocycles. The van der Waals surface area contributed by atoms with Gasteiger partial charge in [-0.15, -0.1) is 0 Å². The van der Waals surface area contributed by atoms with Crippen molar-refractivity contribution >= 4 is 23.2 Å². The molecular weight excluding hydrogens is 306 g/mol. The fraction of sp³-hybridized carbons (Fsp3) is 0.533. The Hall–Kier alpha value is -1.66. The quantitative estimate of drug-likeness (QED) is 0.667. The zero-order valence-electron chi connectivity index (χ0n) is 12.5. The van der Waals surface area contributed by atoms with Crippen LogP contribution in [0.4, 0.5) is 5.69 Å². The molecule has 6 nitrogen and oxygen atoms in total. The molecule has 120 valence electrons. The lowest BCUT2D eigenvalue weighted by Crippen LogP contribution is -2.44. The van der Waals surface area contributed by atoms with Gasteiger partial charge in [0.2, 0.25) is 0 Å². The summed E-state index contributed by atoms with van der Waals surface area (Å²) >= 11 is 5.85. The van der Waals surface area contributed by atoms with Gasteiger partial charge >= 0.3 is 0 Å². The standard InChI is InChI=1S/C15H20ClN3O3/c1-2-7-18-8-5-12(6-9-18)17-15(20)13-10-11(16)3-4-14(13)19(21)22/h3-4,10,12H,2,5-9H2,1H3,(H,17,20). The molecule has 1 N–H and O–H groups in total. The van der Waals surface area contributed by atoms with Crippen LogP contribution in [0.15, 0.2) is 18.2 Å². The van der Waals surface area contributed by atoms with Gasteiger partial charge in [-0.2, -0.15) is 0 Å². The van der Waals surface area contributed by atoms with Crippen LogP contribution < -0.4 is 5.32 Å². The van der Waals surface area contributed by atoms with Gasteiger partial charge in [0.15, 0.2) is 0 Å². The average Bonchev–Trinajstić information content (AvgIpc) is 2.49. The molecule has 0 aliphatic carbocycles. The van der Waals surface area contributed by atoms with Crippen molar-refractivity contribution in [2.75, 3.05) is 19.6 Å². The predicted octanol–water partition coefficient (Wildman–Crippen LogP) is 2.85. The van der Waals surface area contributed by atoms with Crippen molar-refractivity contribution in [3.05, 3.63) is 38.9 Å². The number of benzene rings is 1. The van der Waals surface area contributed by atoms with Gasteiger partial charge in [0.05, 0.1) is 4.92 Å². The van der Waals surface area contributed by atoms with Crippen molar-refractivity contribution in [3.63, 3.8) is 0 Å². The summed E-state index contributed by atoms with van der Waals surface area (Å²) in [4.78, 5) is 25.1. The number of nitro benzene ring substituents is 1. The average molecular weight is 326 g/mol. The third-order valence-corrected chi connectivity index (χ3v) is 4.10. The minimum Gasteiger partial charge on any atom is -0.349 e. The Morgan fingerprint density at radius 3 is 2.73 bits per heavy atom. The highest BCUT2D eigenvalue weighted by Gasteiger charge is 2.25. The molecule has 1 aliphatic heterocycles. The van der Waals surface area contributed by atoms with Gasteiger partial charge in [-0.25, -0.2) is 0 Å². The first kappa shape index (κ1) is 16.7. The Labute approximate surface area is 134 Å². The van der Waals surface area contributed by atoms with Crippen LogP contribution in [0.25, 0.3) is 0 Å². The zero-order valence-corrected chi connectivity index (χ0v) is 13.3. The summed E-state index contributed by atoms with van der Waals surface area (Å²) in [5.41, 5.74) is -0.196. The Morgan fingerprint density at radius 2 is 2.14 bits per heavy atom. The van der Waals surface area contributed by atoms with E-state index in [1.165, 1.54) is 18.2 Å². The van der Waals surface area contributed by atoms with Crippen molar-refractivity contribution in [3.8, 4) is 0 Å². The first-order valence-corrected chi connectivity index (χ1v) is 7.86. The SMILES string of the molecule is CCCN1CCC(NC(=O)c2cc(Cl)ccc2[N+](=O)[O-])CC1. The Morgan fingerprint density at radius 1 is 1.45 bits per heavy atom. The molecule has 0 atom stereocenters. The Kier molecular flexibility index (Phi) is 5.74. The van der Waals surface area contributed by atoms with E-state index in [4.69, 9.17) is 11.6 Å². The maximum absolute atomic E-state index is 12.3. The van der Waals surface area contributed by atoms with Crippen LogP contribution in [-0.4, -0.2) is 41.4 Å². The summed E-state index contributed by atoms with van der Waals surface area (Å²) < 4.78 is 0. The van der Waals surface area contributed by atoms with Crippen LogP contribution in [-0.2, 0) is 0 Å². The van der Waals surface area contributed by atoms with Gasteiger partial charge in [0.25, 0.3) is 11.6 Å². The second kappa shape index (κ2) is 7.56. The minimum atomic E-state index is -0.560. The molecule has 0 unspecified atom stereocenters. The molecule has 0 saturated carbocycles. The molecule has 2 rings (SSSR count). The van der Waals surface area contributed by atoms with Gasteiger partial charge < -0.3 is 10.2 Å². The number of nitrogens with one attached hydrogen (secondary N) is 1. The first-order valence-electron chi connectivity index (χ1n) is 7.48. The molecule has 7 heteroatoms. The van der Waals surface area contributed by atoms with E-state index in [1.54, 1.807) is 0 Å². The second-order valence-corrected chi connectivity index (χ2v) is 5.94. The summed E-state index contributed by atoms with van der Waals surface area (Å²) in [7, 11) is 0. The molecule has 1 heterocycles. The largest absolute Gasteiger partial charge is 0.349 e. The number of carbonyl (C=O) groups is 1. The molecular formula is C15H20ClN3O3.